The van der Waals surface area contributed by atoms with Gasteiger partial charge >= 0.3 is 0 Å². The summed E-state index contributed by atoms with van der Waals surface area (Å²) in [6.45, 7) is 3.58. The zero-order valence-electron chi connectivity index (χ0n) is 6.82. The molecular weight excluding hydrogens is 378 g/mol. The van der Waals surface area contributed by atoms with Crippen LogP contribution in [-0.4, -0.2) is 5.78 Å². The number of carbonyl (C=O) groups is 1. The Balaban J connectivity index is 3.43. The predicted molar refractivity (Wildman–Crippen MR) is 66.6 cm³/mol. The molecular formula is C9H8I2O. The molecule has 12 heavy (non-hydrogen) atoms. The lowest BCUT2D eigenvalue weighted by Gasteiger charge is -2.05. The highest BCUT2D eigenvalue weighted by Gasteiger charge is 2.10. The number of halogens is 2. The van der Waals surface area contributed by atoms with Crippen LogP contribution < -0.4 is 0 Å². The topological polar surface area (TPSA) is 17.1 Å². The van der Waals surface area contributed by atoms with Gasteiger partial charge in [-0.25, -0.2) is 0 Å². The summed E-state index contributed by atoms with van der Waals surface area (Å²) in [5.74, 6) is 0.149. The van der Waals surface area contributed by atoms with E-state index in [0.29, 0.717) is 0 Å². The third-order valence-corrected chi connectivity index (χ3v) is 4.71. The standard InChI is InChI=1S/C9H8I2O/c1-5-3-4-7(10)9(11)8(5)6(2)12/h3-4H,1-2H3. The number of aryl methyl sites for hydroxylation is 1. The number of benzene rings is 1. The zero-order valence-corrected chi connectivity index (χ0v) is 11.1. The van der Waals surface area contributed by atoms with Gasteiger partial charge in [0.25, 0.3) is 0 Å². The molecule has 1 rings (SSSR count). The molecule has 1 nitrogen and oxygen atoms in total. The van der Waals surface area contributed by atoms with Crippen molar-refractivity contribution in [2.24, 2.45) is 0 Å². The number of ketones is 1. The van der Waals surface area contributed by atoms with Crippen LogP contribution in [0.3, 0.4) is 0 Å². The van der Waals surface area contributed by atoms with E-state index in [-0.39, 0.29) is 5.78 Å². The van der Waals surface area contributed by atoms with Gasteiger partial charge < -0.3 is 0 Å². The van der Waals surface area contributed by atoms with Crippen LogP contribution in [0.1, 0.15) is 22.8 Å². The molecule has 0 saturated carbocycles. The Morgan fingerprint density at radius 3 is 2.33 bits per heavy atom. The average molecular weight is 386 g/mol. The summed E-state index contributed by atoms with van der Waals surface area (Å²) in [6, 6.07) is 4.02. The zero-order chi connectivity index (χ0) is 9.30. The van der Waals surface area contributed by atoms with E-state index in [9.17, 15) is 4.79 Å². The lowest BCUT2D eigenvalue weighted by Crippen LogP contribution is -2.01. The monoisotopic (exact) mass is 386 g/mol. The molecule has 0 N–H and O–H groups in total. The molecule has 0 aliphatic carbocycles. The van der Waals surface area contributed by atoms with Crippen molar-refractivity contribution in [2.75, 3.05) is 0 Å². The molecule has 0 saturated heterocycles. The fourth-order valence-electron chi connectivity index (χ4n) is 1.08. The molecule has 0 fully saturated rings. The molecule has 0 bridgehead atoms. The summed E-state index contributed by atoms with van der Waals surface area (Å²) in [6.07, 6.45) is 0. The molecule has 1 aromatic rings. The van der Waals surface area contributed by atoms with Gasteiger partial charge in [0.15, 0.2) is 5.78 Å². The molecule has 3 heteroatoms. The van der Waals surface area contributed by atoms with E-state index >= 15 is 0 Å². The molecule has 0 amide bonds. The van der Waals surface area contributed by atoms with Gasteiger partial charge in [-0.15, -0.1) is 0 Å². The van der Waals surface area contributed by atoms with Gasteiger partial charge in [0, 0.05) is 12.7 Å². The molecule has 0 unspecified atom stereocenters. The SMILES string of the molecule is CC(=O)c1c(C)ccc(I)c1I. The smallest absolute Gasteiger partial charge is 0.161 e. The first-order valence-electron chi connectivity index (χ1n) is 3.49. The maximum atomic E-state index is 11.2. The number of hydrogen-bond donors (Lipinski definition) is 0. The van der Waals surface area contributed by atoms with Crippen LogP contribution in [0.4, 0.5) is 0 Å². The molecule has 1 aromatic carbocycles. The Hall–Kier alpha value is 0.350. The van der Waals surface area contributed by atoms with Crippen LogP contribution in [0.5, 0.6) is 0 Å². The van der Waals surface area contributed by atoms with Gasteiger partial charge in [0.1, 0.15) is 0 Å². The number of rotatable bonds is 1. The van der Waals surface area contributed by atoms with E-state index in [2.05, 4.69) is 45.2 Å². The van der Waals surface area contributed by atoms with Gasteiger partial charge in [-0.1, -0.05) is 6.07 Å². The van der Waals surface area contributed by atoms with Crippen molar-refractivity contribution in [3.05, 3.63) is 30.4 Å². The summed E-state index contributed by atoms with van der Waals surface area (Å²) >= 11 is 4.46. The van der Waals surface area contributed by atoms with Crippen LogP contribution >= 0.6 is 45.2 Å². The normalized spacial score (nSPS) is 10.0. The van der Waals surface area contributed by atoms with E-state index in [1.54, 1.807) is 6.92 Å². The minimum Gasteiger partial charge on any atom is -0.294 e. The first-order chi connectivity index (χ1) is 5.54. The molecule has 0 spiro atoms. The quantitative estimate of drug-likeness (QED) is 0.535. The van der Waals surface area contributed by atoms with Crippen LogP contribution in [0.2, 0.25) is 0 Å². The summed E-state index contributed by atoms with van der Waals surface area (Å²) < 4.78 is 2.21. The Kier molecular flexibility index (Phi) is 3.51. The summed E-state index contributed by atoms with van der Waals surface area (Å²) in [5.41, 5.74) is 1.93. The van der Waals surface area contributed by atoms with Crippen molar-refractivity contribution in [3.8, 4) is 0 Å². The van der Waals surface area contributed by atoms with Crippen molar-refractivity contribution in [2.45, 2.75) is 13.8 Å². The van der Waals surface area contributed by atoms with E-state index in [1.165, 1.54) is 0 Å². The van der Waals surface area contributed by atoms with E-state index in [0.717, 1.165) is 18.3 Å². The molecule has 0 atom stereocenters. The van der Waals surface area contributed by atoms with Crippen LogP contribution in [0, 0.1) is 14.1 Å². The third-order valence-electron chi connectivity index (χ3n) is 1.66. The third kappa shape index (κ3) is 1.99. The van der Waals surface area contributed by atoms with Crippen molar-refractivity contribution in [3.63, 3.8) is 0 Å². The maximum Gasteiger partial charge on any atom is 0.161 e. The minimum atomic E-state index is 0.149. The highest BCUT2D eigenvalue weighted by Crippen LogP contribution is 2.22. The lowest BCUT2D eigenvalue weighted by molar-refractivity contribution is 0.101. The molecule has 0 aromatic heterocycles. The summed E-state index contributed by atoms with van der Waals surface area (Å²) in [7, 11) is 0. The lowest BCUT2D eigenvalue weighted by atomic mass is 10.1. The predicted octanol–water partition coefficient (Wildman–Crippen LogP) is 3.41. The first-order valence-corrected chi connectivity index (χ1v) is 5.65. The molecule has 0 aliphatic rings. The first kappa shape index (κ1) is 10.4. The molecule has 0 aliphatic heterocycles. The Morgan fingerprint density at radius 1 is 1.33 bits per heavy atom. The molecule has 0 radical (unpaired) electrons. The molecule has 0 heterocycles. The van der Waals surface area contributed by atoms with Gasteiger partial charge in [-0.05, 0) is 70.7 Å². The largest absolute Gasteiger partial charge is 0.294 e. The highest BCUT2D eigenvalue weighted by molar-refractivity contribution is 14.1. The number of hydrogen-bond acceptors (Lipinski definition) is 1. The van der Waals surface area contributed by atoms with E-state index < -0.39 is 0 Å². The fraction of sp³-hybridized carbons (Fsp3) is 0.222. The van der Waals surface area contributed by atoms with Crippen molar-refractivity contribution in [1.82, 2.24) is 0 Å². The van der Waals surface area contributed by atoms with Gasteiger partial charge in [-0.2, -0.15) is 0 Å². The van der Waals surface area contributed by atoms with E-state index in [4.69, 9.17) is 0 Å². The second-order valence-corrected chi connectivity index (χ2v) is 4.85. The Morgan fingerprint density at radius 2 is 1.92 bits per heavy atom. The average Bonchev–Trinajstić information content (AvgIpc) is 1.97. The van der Waals surface area contributed by atoms with Crippen LogP contribution in [0.15, 0.2) is 12.1 Å². The summed E-state index contributed by atoms with van der Waals surface area (Å²) in [5, 5.41) is 0. The highest BCUT2D eigenvalue weighted by atomic mass is 127. The fourth-order valence-corrected chi connectivity index (χ4v) is 2.51. The van der Waals surface area contributed by atoms with Gasteiger partial charge in [0.05, 0.1) is 0 Å². The summed E-state index contributed by atoms with van der Waals surface area (Å²) in [4.78, 5) is 11.2. The van der Waals surface area contributed by atoms with Crippen molar-refractivity contribution >= 4 is 51.0 Å². The van der Waals surface area contributed by atoms with Gasteiger partial charge in [-0.3, -0.25) is 4.79 Å². The Bertz CT molecular complexity index is 332. The molecule has 64 valence electrons. The minimum absolute atomic E-state index is 0.149. The second kappa shape index (κ2) is 4.04. The number of Topliss-reactive ketones (excluding diaryl/α,β-unsaturated/α-hetero) is 1. The van der Waals surface area contributed by atoms with Crippen molar-refractivity contribution < 1.29 is 4.79 Å². The number of carbonyl (C=O) groups excluding carboxylic acids is 1. The van der Waals surface area contributed by atoms with Crippen molar-refractivity contribution in [1.29, 1.82) is 0 Å². The Labute approximate surface area is 99.2 Å². The van der Waals surface area contributed by atoms with Crippen LogP contribution in [-0.2, 0) is 0 Å². The maximum absolute atomic E-state index is 11.2. The van der Waals surface area contributed by atoms with E-state index in [1.807, 2.05) is 19.1 Å². The van der Waals surface area contributed by atoms with Gasteiger partial charge in [0.2, 0.25) is 0 Å². The van der Waals surface area contributed by atoms with Crippen LogP contribution in [0.25, 0.3) is 0 Å². The second-order valence-electron chi connectivity index (χ2n) is 2.61.